The lowest BCUT2D eigenvalue weighted by molar-refractivity contribution is 0.961. The van der Waals surface area contributed by atoms with E-state index in [2.05, 4.69) is 11.7 Å². The summed E-state index contributed by atoms with van der Waals surface area (Å²) in [5.41, 5.74) is 8.72. The van der Waals surface area contributed by atoms with E-state index in [0.29, 0.717) is 6.54 Å². The standard InChI is InChI=1S/C11H13N3/c1-9(5-6-12)10-8-13-14-7-3-2-4-11(10)14/h2-4,7-8H,1,5-6,12H2. The van der Waals surface area contributed by atoms with Crippen LogP contribution in [0.5, 0.6) is 0 Å². The lowest BCUT2D eigenvalue weighted by atomic mass is 10.1. The van der Waals surface area contributed by atoms with Gasteiger partial charge < -0.3 is 5.73 Å². The van der Waals surface area contributed by atoms with Crippen LogP contribution >= 0.6 is 0 Å². The van der Waals surface area contributed by atoms with E-state index in [0.717, 1.165) is 23.1 Å². The summed E-state index contributed by atoms with van der Waals surface area (Å²) in [5.74, 6) is 0. The Bertz CT molecular complexity index is 456. The first-order valence-electron chi connectivity index (χ1n) is 4.63. The molecule has 0 aliphatic heterocycles. The van der Waals surface area contributed by atoms with Gasteiger partial charge in [0.1, 0.15) is 0 Å². The van der Waals surface area contributed by atoms with E-state index >= 15 is 0 Å². The molecule has 3 heteroatoms. The summed E-state index contributed by atoms with van der Waals surface area (Å²) in [6, 6.07) is 5.98. The molecule has 0 saturated carbocycles. The van der Waals surface area contributed by atoms with Gasteiger partial charge in [-0.15, -0.1) is 0 Å². The average Bonchev–Trinajstić information content (AvgIpc) is 2.61. The van der Waals surface area contributed by atoms with Gasteiger partial charge in [-0.2, -0.15) is 5.10 Å². The van der Waals surface area contributed by atoms with Crippen molar-refractivity contribution >= 4 is 11.1 Å². The van der Waals surface area contributed by atoms with Gasteiger partial charge in [0.25, 0.3) is 0 Å². The highest BCUT2D eigenvalue weighted by Crippen LogP contribution is 2.20. The Hall–Kier alpha value is -1.61. The summed E-state index contributed by atoms with van der Waals surface area (Å²) in [5, 5.41) is 4.24. The first-order chi connectivity index (χ1) is 6.83. The second-order valence-electron chi connectivity index (χ2n) is 3.23. The Kier molecular flexibility index (Phi) is 2.33. The summed E-state index contributed by atoms with van der Waals surface area (Å²) in [6.07, 6.45) is 4.58. The normalized spacial score (nSPS) is 10.6. The van der Waals surface area contributed by atoms with Gasteiger partial charge in [-0.3, -0.25) is 0 Å². The van der Waals surface area contributed by atoms with Crippen LogP contribution in [0.3, 0.4) is 0 Å². The van der Waals surface area contributed by atoms with Gasteiger partial charge in [-0.1, -0.05) is 12.6 Å². The Balaban J connectivity index is 2.47. The minimum Gasteiger partial charge on any atom is -0.330 e. The molecule has 72 valence electrons. The number of rotatable bonds is 3. The number of hydrogen-bond donors (Lipinski definition) is 1. The van der Waals surface area contributed by atoms with Gasteiger partial charge in [0.15, 0.2) is 0 Å². The largest absolute Gasteiger partial charge is 0.330 e. The maximum Gasteiger partial charge on any atom is 0.0736 e. The molecule has 14 heavy (non-hydrogen) atoms. The lowest BCUT2D eigenvalue weighted by Gasteiger charge is -2.00. The molecule has 2 heterocycles. The van der Waals surface area contributed by atoms with E-state index < -0.39 is 0 Å². The van der Waals surface area contributed by atoms with Crippen molar-refractivity contribution in [2.45, 2.75) is 6.42 Å². The minimum atomic E-state index is 0.628. The van der Waals surface area contributed by atoms with Gasteiger partial charge in [0.2, 0.25) is 0 Å². The number of nitrogens with two attached hydrogens (primary N) is 1. The van der Waals surface area contributed by atoms with Gasteiger partial charge in [0, 0.05) is 11.8 Å². The van der Waals surface area contributed by atoms with Crippen LogP contribution in [0.4, 0.5) is 0 Å². The van der Waals surface area contributed by atoms with Crippen molar-refractivity contribution < 1.29 is 0 Å². The van der Waals surface area contributed by atoms with Gasteiger partial charge >= 0.3 is 0 Å². The summed E-state index contributed by atoms with van der Waals surface area (Å²) < 4.78 is 1.84. The second-order valence-corrected chi connectivity index (χ2v) is 3.23. The molecule has 0 atom stereocenters. The predicted molar refractivity (Wildman–Crippen MR) is 57.9 cm³/mol. The van der Waals surface area contributed by atoms with Gasteiger partial charge in [0.05, 0.1) is 11.7 Å². The Morgan fingerprint density at radius 3 is 3.14 bits per heavy atom. The van der Waals surface area contributed by atoms with Crippen molar-refractivity contribution in [1.29, 1.82) is 0 Å². The highest BCUT2D eigenvalue weighted by molar-refractivity contribution is 5.76. The number of fused-ring (bicyclic) bond motifs is 1. The molecule has 0 fully saturated rings. The molecular weight excluding hydrogens is 174 g/mol. The molecule has 0 bridgehead atoms. The number of nitrogens with zero attached hydrogens (tertiary/aromatic N) is 2. The van der Waals surface area contributed by atoms with Crippen LogP contribution in [-0.2, 0) is 0 Å². The molecule has 2 N–H and O–H groups in total. The predicted octanol–water partition coefficient (Wildman–Crippen LogP) is 1.70. The monoisotopic (exact) mass is 187 g/mol. The fraction of sp³-hybridized carbons (Fsp3) is 0.182. The molecule has 2 aromatic heterocycles. The van der Waals surface area contributed by atoms with Crippen LogP contribution in [0.25, 0.3) is 11.1 Å². The first kappa shape index (κ1) is 8.97. The summed E-state index contributed by atoms with van der Waals surface area (Å²) in [4.78, 5) is 0. The van der Waals surface area contributed by atoms with Crippen LogP contribution in [-0.4, -0.2) is 16.2 Å². The summed E-state index contributed by atoms with van der Waals surface area (Å²) in [6.45, 7) is 4.63. The van der Waals surface area contributed by atoms with Crippen molar-refractivity contribution in [3.8, 4) is 0 Å². The molecule has 3 nitrogen and oxygen atoms in total. The summed E-state index contributed by atoms with van der Waals surface area (Å²) >= 11 is 0. The third-order valence-corrected chi connectivity index (χ3v) is 2.25. The molecule has 2 aromatic rings. The van der Waals surface area contributed by atoms with Crippen molar-refractivity contribution in [2.24, 2.45) is 5.73 Å². The van der Waals surface area contributed by atoms with Crippen molar-refractivity contribution in [3.05, 3.63) is 42.7 Å². The smallest absolute Gasteiger partial charge is 0.0736 e. The van der Waals surface area contributed by atoms with Crippen molar-refractivity contribution in [1.82, 2.24) is 9.61 Å². The third-order valence-electron chi connectivity index (χ3n) is 2.25. The Morgan fingerprint density at radius 1 is 1.50 bits per heavy atom. The molecule has 0 saturated heterocycles. The van der Waals surface area contributed by atoms with E-state index in [1.807, 2.05) is 35.1 Å². The van der Waals surface area contributed by atoms with Crippen molar-refractivity contribution in [3.63, 3.8) is 0 Å². The molecule has 0 aromatic carbocycles. The third kappa shape index (κ3) is 1.42. The molecule has 0 aliphatic rings. The molecule has 0 radical (unpaired) electrons. The topological polar surface area (TPSA) is 43.3 Å². The van der Waals surface area contributed by atoms with E-state index in [1.54, 1.807) is 0 Å². The summed E-state index contributed by atoms with van der Waals surface area (Å²) in [7, 11) is 0. The van der Waals surface area contributed by atoms with E-state index in [9.17, 15) is 0 Å². The minimum absolute atomic E-state index is 0.628. The zero-order chi connectivity index (χ0) is 9.97. The number of pyridine rings is 1. The molecule has 0 unspecified atom stereocenters. The van der Waals surface area contributed by atoms with E-state index in [4.69, 9.17) is 5.73 Å². The molecule has 0 amide bonds. The second kappa shape index (κ2) is 3.64. The highest BCUT2D eigenvalue weighted by Gasteiger charge is 2.05. The number of hydrogen-bond acceptors (Lipinski definition) is 2. The van der Waals surface area contributed by atoms with Gasteiger partial charge in [-0.05, 0) is 30.7 Å². The van der Waals surface area contributed by atoms with E-state index in [1.165, 1.54) is 0 Å². The van der Waals surface area contributed by atoms with E-state index in [-0.39, 0.29) is 0 Å². The Morgan fingerprint density at radius 2 is 2.36 bits per heavy atom. The van der Waals surface area contributed by atoms with Crippen LogP contribution in [0.2, 0.25) is 0 Å². The quantitative estimate of drug-likeness (QED) is 0.794. The zero-order valence-electron chi connectivity index (χ0n) is 7.98. The fourth-order valence-corrected chi connectivity index (χ4v) is 1.52. The maximum absolute atomic E-state index is 5.49. The average molecular weight is 187 g/mol. The number of aromatic nitrogens is 2. The SMILES string of the molecule is C=C(CCN)c1cnn2ccccc12. The van der Waals surface area contributed by atoms with Crippen LogP contribution in [0.15, 0.2) is 37.2 Å². The molecule has 2 rings (SSSR count). The van der Waals surface area contributed by atoms with Gasteiger partial charge in [-0.25, -0.2) is 4.52 Å². The van der Waals surface area contributed by atoms with Crippen LogP contribution in [0, 0.1) is 0 Å². The maximum atomic E-state index is 5.49. The first-order valence-corrected chi connectivity index (χ1v) is 4.63. The highest BCUT2D eigenvalue weighted by atomic mass is 15.2. The molecule has 0 aliphatic carbocycles. The molecular formula is C11H13N3. The fourth-order valence-electron chi connectivity index (χ4n) is 1.52. The zero-order valence-corrected chi connectivity index (χ0v) is 7.98. The molecule has 0 spiro atoms. The Labute approximate surface area is 82.8 Å². The van der Waals surface area contributed by atoms with Crippen molar-refractivity contribution in [2.75, 3.05) is 6.54 Å². The lowest BCUT2D eigenvalue weighted by Crippen LogP contribution is -1.99. The van der Waals surface area contributed by atoms with Crippen LogP contribution < -0.4 is 5.73 Å². The van der Waals surface area contributed by atoms with Crippen LogP contribution in [0.1, 0.15) is 12.0 Å².